The molecule has 0 saturated carbocycles. The maximum atomic E-state index is 12.5. The number of rotatable bonds is 5. The molecule has 1 fully saturated rings. The molecule has 0 unspecified atom stereocenters. The number of nitrogens with one attached hydrogen (secondary N) is 2. The minimum absolute atomic E-state index is 0.00803. The van der Waals surface area contributed by atoms with Crippen molar-refractivity contribution in [1.82, 2.24) is 9.80 Å². The molecule has 0 radical (unpaired) electrons. The number of hydrogen-bond acceptors (Lipinski definition) is 4. The average Bonchev–Trinajstić information content (AvgIpc) is 2.74. The van der Waals surface area contributed by atoms with Crippen LogP contribution in [0.2, 0.25) is 0 Å². The highest BCUT2D eigenvalue weighted by molar-refractivity contribution is 6.05. The highest BCUT2D eigenvalue weighted by Gasteiger charge is 2.22. The van der Waals surface area contributed by atoms with Crippen LogP contribution in [0.3, 0.4) is 0 Å². The molecule has 1 heterocycles. The number of benzene rings is 2. The summed E-state index contributed by atoms with van der Waals surface area (Å²) in [7, 11) is 0. The number of amides is 3. The number of carbonyl (C=O) groups excluding carboxylic acids is 3. The Bertz CT molecular complexity index is 890. The van der Waals surface area contributed by atoms with Crippen molar-refractivity contribution in [2.75, 3.05) is 43.4 Å². The number of nitrogens with zero attached hydrogens (tertiary/aromatic N) is 2. The molecule has 1 saturated heterocycles. The Morgan fingerprint density at radius 1 is 0.862 bits per heavy atom. The van der Waals surface area contributed by atoms with E-state index in [2.05, 4.69) is 10.6 Å². The molecule has 29 heavy (non-hydrogen) atoms. The van der Waals surface area contributed by atoms with Gasteiger partial charge in [-0.15, -0.1) is 0 Å². The minimum Gasteiger partial charge on any atom is -0.376 e. The van der Waals surface area contributed by atoms with Gasteiger partial charge < -0.3 is 20.4 Å². The molecular weight excluding hydrogens is 368 g/mol. The second kappa shape index (κ2) is 9.23. The molecule has 0 bridgehead atoms. The zero-order chi connectivity index (χ0) is 20.8. The number of hydrogen-bond donors (Lipinski definition) is 2. The summed E-state index contributed by atoms with van der Waals surface area (Å²) in [5.74, 6) is -0.142. The molecule has 0 aliphatic carbocycles. The lowest BCUT2D eigenvalue weighted by atomic mass is 10.1. The van der Waals surface area contributed by atoms with Crippen LogP contribution in [0.15, 0.2) is 48.5 Å². The molecule has 2 aromatic rings. The maximum Gasteiger partial charge on any atom is 0.255 e. The normalized spacial score (nSPS) is 13.7. The van der Waals surface area contributed by atoms with Crippen molar-refractivity contribution in [2.45, 2.75) is 13.8 Å². The third-order valence-electron chi connectivity index (χ3n) is 5.13. The van der Waals surface area contributed by atoms with Crippen LogP contribution >= 0.6 is 0 Å². The summed E-state index contributed by atoms with van der Waals surface area (Å²) in [4.78, 5) is 39.8. The van der Waals surface area contributed by atoms with E-state index in [4.69, 9.17) is 0 Å². The Labute approximate surface area is 170 Å². The van der Waals surface area contributed by atoms with E-state index in [1.807, 2.05) is 43.3 Å². The van der Waals surface area contributed by atoms with Crippen molar-refractivity contribution in [3.8, 4) is 0 Å². The van der Waals surface area contributed by atoms with Crippen LogP contribution in [0.25, 0.3) is 0 Å². The Morgan fingerprint density at radius 2 is 1.48 bits per heavy atom. The quantitative estimate of drug-likeness (QED) is 0.816. The summed E-state index contributed by atoms with van der Waals surface area (Å²) in [5, 5.41) is 6.10. The van der Waals surface area contributed by atoms with Gasteiger partial charge in [0.05, 0.1) is 6.54 Å². The Hall–Kier alpha value is -3.35. The van der Waals surface area contributed by atoms with Crippen molar-refractivity contribution in [3.63, 3.8) is 0 Å². The van der Waals surface area contributed by atoms with E-state index in [0.29, 0.717) is 37.4 Å². The highest BCUT2D eigenvalue weighted by Crippen LogP contribution is 2.24. The summed E-state index contributed by atoms with van der Waals surface area (Å²) in [5.41, 5.74) is 2.95. The second-order valence-electron chi connectivity index (χ2n) is 7.04. The zero-order valence-corrected chi connectivity index (χ0v) is 16.8. The molecule has 1 aliphatic heterocycles. The lowest BCUT2D eigenvalue weighted by Gasteiger charge is -2.34. The minimum atomic E-state index is -0.176. The van der Waals surface area contributed by atoms with E-state index < -0.39 is 0 Å². The lowest BCUT2D eigenvalue weighted by molar-refractivity contribution is -0.137. The van der Waals surface area contributed by atoms with E-state index in [9.17, 15) is 14.4 Å². The fourth-order valence-electron chi connectivity index (χ4n) is 3.30. The summed E-state index contributed by atoms with van der Waals surface area (Å²) < 4.78 is 0. The predicted octanol–water partition coefficient (Wildman–Crippen LogP) is 2.35. The van der Waals surface area contributed by atoms with Crippen LogP contribution in [-0.4, -0.2) is 60.2 Å². The molecular formula is C22H26N4O3. The molecule has 3 amide bonds. The molecule has 3 rings (SSSR count). The fraction of sp³-hybridized carbons (Fsp3) is 0.318. The number of carbonyl (C=O) groups is 3. The SMILES string of the molecule is CC(=O)N1CCN(C(=O)CNc2cccc(NC(=O)c3ccccc3)c2C)CC1. The maximum absolute atomic E-state index is 12.5. The van der Waals surface area contributed by atoms with Gasteiger partial charge in [0.25, 0.3) is 5.91 Å². The van der Waals surface area contributed by atoms with Gasteiger partial charge in [0, 0.05) is 50.0 Å². The average molecular weight is 394 g/mol. The van der Waals surface area contributed by atoms with Gasteiger partial charge in [0.15, 0.2) is 0 Å². The van der Waals surface area contributed by atoms with Crippen LogP contribution in [0.4, 0.5) is 11.4 Å². The van der Waals surface area contributed by atoms with Crippen molar-refractivity contribution in [3.05, 3.63) is 59.7 Å². The molecule has 0 spiro atoms. The molecule has 0 aromatic heterocycles. The molecule has 2 N–H and O–H groups in total. The van der Waals surface area contributed by atoms with Crippen LogP contribution < -0.4 is 10.6 Å². The van der Waals surface area contributed by atoms with E-state index in [1.54, 1.807) is 28.9 Å². The van der Waals surface area contributed by atoms with Crippen molar-refractivity contribution in [1.29, 1.82) is 0 Å². The summed E-state index contributed by atoms with van der Waals surface area (Å²) >= 11 is 0. The summed E-state index contributed by atoms with van der Waals surface area (Å²) in [6.07, 6.45) is 0. The Morgan fingerprint density at radius 3 is 2.14 bits per heavy atom. The van der Waals surface area contributed by atoms with Gasteiger partial charge in [-0.25, -0.2) is 0 Å². The monoisotopic (exact) mass is 394 g/mol. The molecule has 7 heteroatoms. The smallest absolute Gasteiger partial charge is 0.255 e. The Kier molecular flexibility index (Phi) is 6.49. The third-order valence-corrected chi connectivity index (χ3v) is 5.13. The predicted molar refractivity (Wildman–Crippen MR) is 113 cm³/mol. The molecule has 0 atom stereocenters. The topological polar surface area (TPSA) is 81.8 Å². The first-order chi connectivity index (χ1) is 14.0. The van der Waals surface area contributed by atoms with Crippen molar-refractivity contribution >= 4 is 29.1 Å². The van der Waals surface area contributed by atoms with Gasteiger partial charge in [-0.3, -0.25) is 14.4 Å². The first kappa shape index (κ1) is 20.4. The van der Waals surface area contributed by atoms with Gasteiger partial charge >= 0.3 is 0 Å². The van der Waals surface area contributed by atoms with E-state index in [1.165, 1.54) is 0 Å². The number of piperazine rings is 1. The summed E-state index contributed by atoms with van der Waals surface area (Å²) in [6, 6.07) is 14.6. The van der Waals surface area contributed by atoms with Crippen molar-refractivity contribution < 1.29 is 14.4 Å². The largest absolute Gasteiger partial charge is 0.376 e. The number of anilines is 2. The highest BCUT2D eigenvalue weighted by atomic mass is 16.2. The van der Waals surface area contributed by atoms with E-state index in [-0.39, 0.29) is 24.3 Å². The Balaban J connectivity index is 1.58. The van der Waals surface area contributed by atoms with Gasteiger partial charge in [0.2, 0.25) is 11.8 Å². The summed E-state index contributed by atoms with van der Waals surface area (Å²) in [6.45, 7) is 5.85. The van der Waals surface area contributed by atoms with Crippen LogP contribution in [0.1, 0.15) is 22.8 Å². The van der Waals surface area contributed by atoms with E-state index >= 15 is 0 Å². The van der Waals surface area contributed by atoms with Gasteiger partial charge in [-0.05, 0) is 36.8 Å². The standard InChI is InChI=1S/C22H26N4O3/c1-16-19(23-15-21(28)26-13-11-25(12-14-26)17(2)27)9-6-10-20(16)24-22(29)18-7-4-3-5-8-18/h3-10,23H,11-15H2,1-2H3,(H,24,29). The van der Waals surface area contributed by atoms with Crippen LogP contribution in [-0.2, 0) is 9.59 Å². The van der Waals surface area contributed by atoms with Crippen LogP contribution in [0, 0.1) is 6.92 Å². The van der Waals surface area contributed by atoms with Gasteiger partial charge in [-0.2, -0.15) is 0 Å². The van der Waals surface area contributed by atoms with Crippen LogP contribution in [0.5, 0.6) is 0 Å². The van der Waals surface area contributed by atoms with Gasteiger partial charge in [0.1, 0.15) is 0 Å². The molecule has 1 aliphatic rings. The zero-order valence-electron chi connectivity index (χ0n) is 16.8. The first-order valence-corrected chi connectivity index (χ1v) is 9.69. The molecule has 2 aromatic carbocycles. The van der Waals surface area contributed by atoms with Gasteiger partial charge in [-0.1, -0.05) is 24.3 Å². The third kappa shape index (κ3) is 5.13. The molecule has 152 valence electrons. The molecule has 7 nitrogen and oxygen atoms in total. The lowest BCUT2D eigenvalue weighted by Crippen LogP contribution is -2.51. The van der Waals surface area contributed by atoms with E-state index in [0.717, 1.165) is 11.3 Å². The fourth-order valence-corrected chi connectivity index (χ4v) is 3.30. The first-order valence-electron chi connectivity index (χ1n) is 9.69. The van der Waals surface area contributed by atoms with Crippen molar-refractivity contribution in [2.24, 2.45) is 0 Å². The second-order valence-corrected chi connectivity index (χ2v) is 7.04.